The first-order chi connectivity index (χ1) is 12.9. The van der Waals surface area contributed by atoms with Gasteiger partial charge in [0.1, 0.15) is 0 Å². The highest BCUT2D eigenvalue weighted by atomic mass is 35.5. The second-order valence-corrected chi connectivity index (χ2v) is 6.57. The quantitative estimate of drug-likeness (QED) is 0.653. The van der Waals surface area contributed by atoms with Crippen LogP contribution >= 0.6 is 11.6 Å². The fourth-order valence-corrected chi connectivity index (χ4v) is 3.25. The van der Waals surface area contributed by atoms with Crippen molar-refractivity contribution < 1.29 is 19.7 Å². The molecular weight excluding hydrogens is 370 g/mol. The first-order valence-electron chi connectivity index (χ1n) is 8.32. The number of aliphatic hydroxyl groups excluding tert-OH is 1. The molecule has 27 heavy (non-hydrogen) atoms. The number of aliphatic hydroxyl groups is 1. The van der Waals surface area contributed by atoms with Crippen molar-refractivity contribution in [3.8, 4) is 5.75 Å². The summed E-state index contributed by atoms with van der Waals surface area (Å²) in [5.41, 5.74) is 2.98. The molecule has 0 fully saturated rings. The van der Waals surface area contributed by atoms with E-state index in [0.717, 1.165) is 16.7 Å². The summed E-state index contributed by atoms with van der Waals surface area (Å²) in [6.07, 6.45) is 0.314. The van der Waals surface area contributed by atoms with Crippen LogP contribution in [-0.4, -0.2) is 27.5 Å². The highest BCUT2D eigenvalue weighted by Crippen LogP contribution is 2.23. The van der Waals surface area contributed by atoms with Gasteiger partial charge in [0.05, 0.1) is 18.3 Å². The lowest BCUT2D eigenvalue weighted by Gasteiger charge is -2.13. The van der Waals surface area contributed by atoms with Crippen molar-refractivity contribution in [2.75, 3.05) is 6.61 Å². The number of hydrogen-bond donors (Lipinski definition) is 2. The first-order valence-corrected chi connectivity index (χ1v) is 8.70. The molecule has 0 aliphatic carbocycles. The third-order valence-corrected chi connectivity index (χ3v) is 4.83. The molecule has 6 nitrogen and oxygen atoms in total. The predicted molar refractivity (Wildman–Crippen MR) is 103 cm³/mol. The van der Waals surface area contributed by atoms with Crippen LogP contribution in [0, 0.1) is 6.92 Å². The summed E-state index contributed by atoms with van der Waals surface area (Å²) in [7, 11) is 0. The molecule has 2 aromatic carbocycles. The maximum absolute atomic E-state index is 12.7. The lowest BCUT2D eigenvalue weighted by molar-refractivity contribution is 0.143. The zero-order valence-electron chi connectivity index (χ0n) is 14.6. The highest BCUT2D eigenvalue weighted by Gasteiger charge is 2.14. The predicted octanol–water partition coefficient (Wildman–Crippen LogP) is 3.60. The molecule has 3 aromatic rings. The number of fused-ring (bicyclic) bond motifs is 1. The van der Waals surface area contributed by atoms with Gasteiger partial charge in [0.25, 0.3) is 0 Å². The van der Waals surface area contributed by atoms with Crippen LogP contribution in [-0.2, 0) is 13.0 Å². The summed E-state index contributed by atoms with van der Waals surface area (Å²) < 4.78 is 6.22. The zero-order valence-corrected chi connectivity index (χ0v) is 15.4. The van der Waals surface area contributed by atoms with Crippen molar-refractivity contribution >= 4 is 28.7 Å². The second-order valence-electron chi connectivity index (χ2n) is 6.16. The van der Waals surface area contributed by atoms with Crippen molar-refractivity contribution in [3.05, 3.63) is 74.5 Å². The Morgan fingerprint density at radius 3 is 2.74 bits per heavy atom. The van der Waals surface area contributed by atoms with Gasteiger partial charge in [-0.15, -0.1) is 0 Å². The molecule has 0 atom stereocenters. The topological polar surface area (TPSA) is 88.8 Å². The maximum Gasteiger partial charge on any atom is 0.511 e. The van der Waals surface area contributed by atoms with Crippen LogP contribution in [0.4, 0.5) is 4.79 Å². The lowest BCUT2D eigenvalue weighted by Crippen LogP contribution is -2.17. The number of benzene rings is 2. The largest absolute Gasteiger partial charge is 0.511 e. The van der Waals surface area contributed by atoms with Crippen molar-refractivity contribution in [3.63, 3.8) is 0 Å². The van der Waals surface area contributed by atoms with Gasteiger partial charge in [0, 0.05) is 17.0 Å². The van der Waals surface area contributed by atoms with Crippen molar-refractivity contribution in [2.45, 2.75) is 19.9 Å². The monoisotopic (exact) mass is 387 g/mol. The van der Waals surface area contributed by atoms with E-state index in [2.05, 4.69) is 4.74 Å². The molecule has 0 saturated carbocycles. The zero-order chi connectivity index (χ0) is 19.6. The maximum atomic E-state index is 12.7. The van der Waals surface area contributed by atoms with Crippen LogP contribution in [0.3, 0.4) is 0 Å². The SMILES string of the molecule is Cc1c(Cl)cccc1Cc1ccc2c(c1)c(=O)c(OC(=O)O)cn2CCO. The van der Waals surface area contributed by atoms with Crippen molar-refractivity contribution in [1.29, 1.82) is 0 Å². The Balaban J connectivity index is 2.12. The van der Waals surface area contributed by atoms with Gasteiger partial charge in [0.2, 0.25) is 5.43 Å². The smallest absolute Gasteiger partial charge is 0.449 e. The Morgan fingerprint density at radius 2 is 2.04 bits per heavy atom. The van der Waals surface area contributed by atoms with E-state index in [1.54, 1.807) is 16.7 Å². The second kappa shape index (κ2) is 7.82. The van der Waals surface area contributed by atoms with E-state index >= 15 is 0 Å². The molecule has 0 aliphatic rings. The van der Waals surface area contributed by atoms with Gasteiger partial charge in [-0.2, -0.15) is 0 Å². The van der Waals surface area contributed by atoms with E-state index in [0.29, 0.717) is 22.3 Å². The lowest BCUT2D eigenvalue weighted by atomic mass is 9.99. The summed E-state index contributed by atoms with van der Waals surface area (Å²) in [5, 5.41) is 19.1. The number of hydrogen-bond acceptors (Lipinski definition) is 4. The van der Waals surface area contributed by atoms with E-state index in [4.69, 9.17) is 16.7 Å². The fourth-order valence-electron chi connectivity index (χ4n) is 3.05. The normalized spacial score (nSPS) is 10.9. The van der Waals surface area contributed by atoms with E-state index in [-0.39, 0.29) is 18.9 Å². The van der Waals surface area contributed by atoms with Crippen LogP contribution < -0.4 is 10.2 Å². The van der Waals surface area contributed by atoms with Gasteiger partial charge in [-0.05, 0) is 48.2 Å². The number of ether oxygens (including phenoxy) is 1. The molecular formula is C20H18ClNO5. The van der Waals surface area contributed by atoms with Gasteiger partial charge in [-0.3, -0.25) is 4.79 Å². The summed E-state index contributed by atoms with van der Waals surface area (Å²) in [4.78, 5) is 23.5. The molecule has 0 saturated heterocycles. The van der Waals surface area contributed by atoms with E-state index in [9.17, 15) is 14.7 Å². The van der Waals surface area contributed by atoms with Gasteiger partial charge < -0.3 is 19.5 Å². The van der Waals surface area contributed by atoms with Crippen LogP contribution in [0.2, 0.25) is 5.02 Å². The van der Waals surface area contributed by atoms with Gasteiger partial charge in [-0.1, -0.05) is 29.8 Å². The molecule has 0 aliphatic heterocycles. The summed E-state index contributed by atoms with van der Waals surface area (Å²) in [6, 6.07) is 11.1. The van der Waals surface area contributed by atoms with Crippen LogP contribution in [0.1, 0.15) is 16.7 Å². The summed E-state index contributed by atoms with van der Waals surface area (Å²) in [6.45, 7) is 1.99. The number of rotatable bonds is 5. The Bertz CT molecular complexity index is 1070. The van der Waals surface area contributed by atoms with Gasteiger partial charge in [-0.25, -0.2) is 4.79 Å². The minimum Gasteiger partial charge on any atom is -0.449 e. The van der Waals surface area contributed by atoms with E-state index in [1.165, 1.54) is 6.20 Å². The van der Waals surface area contributed by atoms with Gasteiger partial charge >= 0.3 is 6.16 Å². The average Bonchev–Trinajstić information content (AvgIpc) is 2.63. The number of aromatic nitrogens is 1. The molecule has 3 rings (SSSR count). The van der Waals surface area contributed by atoms with Crippen LogP contribution in [0.15, 0.2) is 47.4 Å². The molecule has 0 spiro atoms. The Morgan fingerprint density at radius 1 is 1.26 bits per heavy atom. The Kier molecular flexibility index (Phi) is 5.48. The molecule has 7 heteroatoms. The average molecular weight is 388 g/mol. The molecule has 0 unspecified atom stereocenters. The Labute approximate surface area is 160 Å². The first kappa shape index (κ1) is 18.9. The number of nitrogens with zero attached hydrogens (tertiary/aromatic N) is 1. The van der Waals surface area contributed by atoms with Crippen LogP contribution in [0.25, 0.3) is 10.9 Å². The minimum absolute atomic E-state index is 0.159. The van der Waals surface area contributed by atoms with Crippen LogP contribution in [0.5, 0.6) is 5.75 Å². The Hall–Kier alpha value is -2.83. The molecule has 0 bridgehead atoms. The summed E-state index contributed by atoms with van der Waals surface area (Å²) in [5.74, 6) is -0.292. The molecule has 2 N–H and O–H groups in total. The third-order valence-electron chi connectivity index (χ3n) is 4.42. The minimum atomic E-state index is -1.56. The van der Waals surface area contributed by atoms with E-state index < -0.39 is 11.6 Å². The van der Waals surface area contributed by atoms with E-state index in [1.807, 2.05) is 31.2 Å². The fraction of sp³-hybridized carbons (Fsp3) is 0.200. The number of halogens is 1. The standard InChI is InChI=1S/C20H18ClNO5/c1-12-14(3-2-4-16(12)21)9-13-5-6-17-15(10-13)19(24)18(27-20(25)26)11-22(17)7-8-23/h2-6,10-11,23H,7-9H2,1H3,(H,25,26). The highest BCUT2D eigenvalue weighted by molar-refractivity contribution is 6.31. The molecule has 1 aromatic heterocycles. The number of pyridine rings is 1. The number of carbonyl (C=O) groups is 1. The van der Waals surface area contributed by atoms with Crippen molar-refractivity contribution in [2.24, 2.45) is 0 Å². The molecule has 0 amide bonds. The summed E-state index contributed by atoms with van der Waals surface area (Å²) >= 11 is 6.18. The molecule has 140 valence electrons. The molecule has 1 heterocycles. The third kappa shape index (κ3) is 3.97. The van der Waals surface area contributed by atoms with Crippen molar-refractivity contribution in [1.82, 2.24) is 4.57 Å². The van der Waals surface area contributed by atoms with Gasteiger partial charge in [0.15, 0.2) is 5.75 Å². The number of carboxylic acid groups (broad SMARTS) is 1. The molecule has 0 radical (unpaired) electrons.